The molecule has 0 aliphatic heterocycles. The summed E-state index contributed by atoms with van der Waals surface area (Å²) in [5.41, 5.74) is 1.52. The zero-order chi connectivity index (χ0) is 21.5. The van der Waals surface area contributed by atoms with Crippen molar-refractivity contribution < 1.29 is 9.72 Å². The predicted octanol–water partition coefficient (Wildman–Crippen LogP) is 3.35. The molecule has 0 bridgehead atoms. The molecule has 0 fully saturated rings. The lowest BCUT2D eigenvalue weighted by molar-refractivity contribution is -0.384. The number of carbonyl (C=O) groups excluding carboxylic acids is 1. The zero-order valence-corrected chi connectivity index (χ0v) is 17.3. The number of amides is 1. The van der Waals surface area contributed by atoms with Gasteiger partial charge >= 0.3 is 0 Å². The largest absolute Gasteiger partial charge is 0.350 e. The summed E-state index contributed by atoms with van der Waals surface area (Å²) < 4.78 is 1.12. The number of nitro benzene ring substituents is 1. The maximum Gasteiger partial charge on any atom is 0.269 e. The lowest BCUT2D eigenvalue weighted by Gasteiger charge is -2.20. The third-order valence-electron chi connectivity index (χ3n) is 4.28. The molecule has 0 spiro atoms. The number of thiocarbonyl (C=S) groups is 1. The fourth-order valence-electron chi connectivity index (χ4n) is 2.86. The van der Waals surface area contributed by atoms with Crippen LogP contribution < -0.4 is 16.0 Å². The monoisotopic (exact) mass is 439 g/mol. The maximum absolute atomic E-state index is 12.6. The summed E-state index contributed by atoms with van der Waals surface area (Å²) in [5, 5.41) is 31.3. The van der Waals surface area contributed by atoms with Crippen LogP contribution in [0.4, 0.5) is 11.4 Å². The van der Waals surface area contributed by atoms with Crippen LogP contribution in [-0.2, 0) is 11.2 Å². The lowest BCUT2D eigenvalue weighted by Crippen LogP contribution is -2.49. The van der Waals surface area contributed by atoms with Crippen LogP contribution in [-0.4, -0.2) is 28.5 Å². The van der Waals surface area contributed by atoms with E-state index < -0.39 is 11.0 Å². The second-order valence-corrected chi connectivity index (χ2v) is 7.61. The van der Waals surface area contributed by atoms with Gasteiger partial charge in [0.15, 0.2) is 5.11 Å². The van der Waals surface area contributed by atoms with Crippen molar-refractivity contribution in [3.8, 4) is 6.07 Å². The fourth-order valence-corrected chi connectivity index (χ4v) is 4.10. The van der Waals surface area contributed by atoms with Crippen molar-refractivity contribution in [3.05, 3.63) is 69.6 Å². The first kappa shape index (κ1) is 21.2. The molecule has 0 aliphatic carbocycles. The van der Waals surface area contributed by atoms with Crippen LogP contribution in [0.5, 0.6) is 0 Å². The second-order valence-electron chi connectivity index (χ2n) is 6.29. The number of rotatable bonds is 7. The summed E-state index contributed by atoms with van der Waals surface area (Å²) in [6.07, 6.45) is 0.378. The van der Waals surface area contributed by atoms with E-state index in [-0.39, 0.29) is 23.3 Å². The Kier molecular flexibility index (Phi) is 6.90. The Hall–Kier alpha value is -3.55. The van der Waals surface area contributed by atoms with Crippen molar-refractivity contribution in [1.82, 2.24) is 10.6 Å². The van der Waals surface area contributed by atoms with Gasteiger partial charge in [-0.25, -0.2) is 0 Å². The minimum absolute atomic E-state index is 0.0301. The van der Waals surface area contributed by atoms with E-state index in [2.05, 4.69) is 16.0 Å². The maximum atomic E-state index is 12.6. The highest BCUT2D eigenvalue weighted by Gasteiger charge is 2.21. The standard InChI is InChI=1S/C20H17N5O3S2/c21-9-10-22-19(26)17(11-13-12-30-18-4-2-1-3-16(13)18)24-20(29)23-14-5-7-15(8-6-14)25(27)28/h1-8,12,17H,10-11H2,(H,22,26)(H2,23,24,29). The van der Waals surface area contributed by atoms with E-state index in [4.69, 9.17) is 17.5 Å². The average Bonchev–Trinajstić information content (AvgIpc) is 3.15. The molecule has 0 radical (unpaired) electrons. The third kappa shape index (κ3) is 5.28. The van der Waals surface area contributed by atoms with Crippen LogP contribution in [0.15, 0.2) is 53.9 Å². The average molecular weight is 440 g/mol. The Bertz CT molecular complexity index is 1120. The number of carbonyl (C=O) groups is 1. The smallest absolute Gasteiger partial charge is 0.269 e. The number of benzene rings is 2. The molecule has 0 saturated carbocycles. The molecule has 3 rings (SSSR count). The minimum atomic E-state index is -0.700. The third-order valence-corrected chi connectivity index (χ3v) is 5.52. The number of thiophene rings is 1. The first-order valence-electron chi connectivity index (χ1n) is 8.89. The molecule has 8 nitrogen and oxygen atoms in total. The van der Waals surface area contributed by atoms with Gasteiger partial charge in [0.25, 0.3) is 5.69 Å². The number of hydrogen-bond acceptors (Lipinski definition) is 6. The lowest BCUT2D eigenvalue weighted by atomic mass is 10.0. The van der Waals surface area contributed by atoms with E-state index in [0.717, 1.165) is 15.6 Å². The molecule has 10 heteroatoms. The number of nitrogens with zero attached hydrogens (tertiary/aromatic N) is 2. The normalized spacial score (nSPS) is 11.3. The molecule has 152 valence electrons. The molecular weight excluding hydrogens is 422 g/mol. The van der Waals surface area contributed by atoms with Gasteiger partial charge in [0, 0.05) is 28.9 Å². The Morgan fingerprint density at radius 3 is 2.67 bits per heavy atom. The molecule has 1 heterocycles. The summed E-state index contributed by atoms with van der Waals surface area (Å²) in [4.78, 5) is 22.9. The minimum Gasteiger partial charge on any atom is -0.350 e. The molecule has 0 saturated heterocycles. The van der Waals surface area contributed by atoms with Gasteiger partial charge in [0.05, 0.1) is 11.0 Å². The van der Waals surface area contributed by atoms with Crippen molar-refractivity contribution >= 4 is 56.0 Å². The summed E-state index contributed by atoms with van der Waals surface area (Å²) in [6.45, 7) is -0.107. The van der Waals surface area contributed by atoms with Gasteiger partial charge in [0.2, 0.25) is 5.91 Å². The number of fused-ring (bicyclic) bond motifs is 1. The predicted molar refractivity (Wildman–Crippen MR) is 120 cm³/mol. The van der Waals surface area contributed by atoms with E-state index in [0.29, 0.717) is 12.1 Å². The van der Waals surface area contributed by atoms with Crippen LogP contribution in [0.2, 0.25) is 0 Å². The van der Waals surface area contributed by atoms with Gasteiger partial charge in [-0.1, -0.05) is 18.2 Å². The van der Waals surface area contributed by atoms with Crippen LogP contribution in [0.3, 0.4) is 0 Å². The van der Waals surface area contributed by atoms with Crippen LogP contribution in [0.1, 0.15) is 5.56 Å². The number of hydrogen-bond donors (Lipinski definition) is 3. The Balaban J connectivity index is 1.73. The van der Waals surface area contributed by atoms with Gasteiger partial charge in [-0.15, -0.1) is 11.3 Å². The Morgan fingerprint density at radius 2 is 1.97 bits per heavy atom. The van der Waals surface area contributed by atoms with Gasteiger partial charge in [0.1, 0.15) is 12.6 Å². The molecule has 30 heavy (non-hydrogen) atoms. The van der Waals surface area contributed by atoms with Crippen molar-refractivity contribution in [2.45, 2.75) is 12.5 Å². The summed E-state index contributed by atoms with van der Waals surface area (Å²) in [6, 6.07) is 14.9. The summed E-state index contributed by atoms with van der Waals surface area (Å²) in [7, 11) is 0. The van der Waals surface area contributed by atoms with E-state index in [1.807, 2.05) is 35.7 Å². The topological polar surface area (TPSA) is 120 Å². The van der Waals surface area contributed by atoms with Crippen molar-refractivity contribution in [3.63, 3.8) is 0 Å². The quantitative estimate of drug-likeness (QED) is 0.223. The van der Waals surface area contributed by atoms with Gasteiger partial charge in [-0.05, 0) is 46.7 Å². The highest BCUT2D eigenvalue weighted by Crippen LogP contribution is 2.26. The Labute approximate surface area is 181 Å². The van der Waals surface area contributed by atoms with E-state index >= 15 is 0 Å². The molecule has 1 atom stereocenters. The molecule has 3 N–H and O–H groups in total. The molecule has 1 amide bonds. The van der Waals surface area contributed by atoms with E-state index in [1.54, 1.807) is 11.3 Å². The van der Waals surface area contributed by atoms with E-state index in [9.17, 15) is 14.9 Å². The van der Waals surface area contributed by atoms with Gasteiger partial charge < -0.3 is 16.0 Å². The second kappa shape index (κ2) is 9.78. The van der Waals surface area contributed by atoms with Crippen LogP contribution in [0.25, 0.3) is 10.1 Å². The van der Waals surface area contributed by atoms with Crippen LogP contribution >= 0.6 is 23.6 Å². The molecule has 1 aromatic heterocycles. The van der Waals surface area contributed by atoms with Gasteiger partial charge in [-0.3, -0.25) is 14.9 Å². The SMILES string of the molecule is N#CCNC(=O)C(Cc1csc2ccccc12)NC(=S)Nc1ccc([N+](=O)[O-])cc1. The molecule has 2 aromatic carbocycles. The van der Waals surface area contributed by atoms with Crippen molar-refractivity contribution in [2.75, 3.05) is 11.9 Å². The first-order chi connectivity index (χ1) is 14.5. The Morgan fingerprint density at radius 1 is 1.23 bits per heavy atom. The van der Waals surface area contributed by atoms with E-state index in [1.165, 1.54) is 24.3 Å². The summed E-state index contributed by atoms with van der Waals surface area (Å²) in [5.74, 6) is -0.348. The highest BCUT2D eigenvalue weighted by molar-refractivity contribution is 7.80. The first-order valence-corrected chi connectivity index (χ1v) is 10.2. The number of nitrogens with one attached hydrogen (secondary N) is 3. The summed E-state index contributed by atoms with van der Waals surface area (Å²) >= 11 is 6.92. The van der Waals surface area contributed by atoms with Crippen molar-refractivity contribution in [2.24, 2.45) is 0 Å². The fraction of sp³-hybridized carbons (Fsp3) is 0.150. The highest BCUT2D eigenvalue weighted by atomic mass is 32.1. The number of nitro groups is 1. The van der Waals surface area contributed by atoms with Crippen molar-refractivity contribution in [1.29, 1.82) is 5.26 Å². The number of nitriles is 1. The molecule has 0 aliphatic rings. The van der Waals surface area contributed by atoms with Crippen LogP contribution in [0, 0.1) is 21.4 Å². The molecule has 1 unspecified atom stereocenters. The number of non-ortho nitro benzene ring substituents is 1. The zero-order valence-electron chi connectivity index (χ0n) is 15.6. The molecular formula is C20H17N5O3S2. The van der Waals surface area contributed by atoms with Gasteiger partial charge in [-0.2, -0.15) is 5.26 Å². The number of anilines is 1. The molecule has 3 aromatic rings.